The zero-order valence-corrected chi connectivity index (χ0v) is 17.3. The molecule has 8 heteroatoms. The van der Waals surface area contributed by atoms with E-state index in [0.717, 1.165) is 6.42 Å². The van der Waals surface area contributed by atoms with Crippen molar-refractivity contribution in [1.82, 2.24) is 15.5 Å². The molecule has 2 unspecified atom stereocenters. The molecule has 3 aliphatic heterocycles. The Bertz CT molecular complexity index is 654. The Labute approximate surface area is 166 Å². The Kier molecular flexibility index (Phi) is 5.74. The van der Waals surface area contributed by atoms with Crippen LogP contribution < -0.4 is 10.6 Å². The number of hydrogen-bond donors (Lipinski definition) is 3. The molecule has 3 fully saturated rings. The third-order valence-electron chi connectivity index (χ3n) is 6.53. The number of ether oxygens (including phenoxy) is 1. The molecule has 0 aromatic heterocycles. The maximum absolute atomic E-state index is 13.4. The Morgan fingerprint density at radius 2 is 2.00 bits per heavy atom. The van der Waals surface area contributed by atoms with Gasteiger partial charge in [0, 0.05) is 19.1 Å². The number of likely N-dealkylation sites (tertiary alicyclic amines) is 1. The highest BCUT2D eigenvalue weighted by atomic mass is 16.5. The van der Waals surface area contributed by atoms with Crippen molar-refractivity contribution in [2.45, 2.75) is 76.7 Å². The van der Waals surface area contributed by atoms with E-state index in [1.54, 1.807) is 0 Å². The zero-order valence-electron chi connectivity index (χ0n) is 17.3. The fraction of sp³-hybridized carbons (Fsp3) is 0.850. The first-order chi connectivity index (χ1) is 13.3. The minimum absolute atomic E-state index is 0.0546. The quantitative estimate of drug-likeness (QED) is 0.544. The molecular weight excluding hydrogens is 362 g/mol. The van der Waals surface area contributed by atoms with Crippen molar-refractivity contribution < 1.29 is 24.2 Å². The van der Waals surface area contributed by atoms with Crippen LogP contribution in [0.1, 0.15) is 53.4 Å². The van der Waals surface area contributed by atoms with Crippen LogP contribution in [0.5, 0.6) is 0 Å². The number of nitrogens with one attached hydrogen (secondary N) is 2. The van der Waals surface area contributed by atoms with Gasteiger partial charge >= 0.3 is 0 Å². The molecule has 3 heterocycles. The van der Waals surface area contributed by atoms with Crippen molar-refractivity contribution in [3.8, 4) is 0 Å². The van der Waals surface area contributed by atoms with Gasteiger partial charge in [-0.1, -0.05) is 13.8 Å². The number of β-amino-alcohol motifs (C(OH)–C–C–N with tert-alkyl or cyclic N) is 1. The number of hydrogen-bond acceptors (Lipinski definition) is 5. The minimum atomic E-state index is -1.00. The molecule has 3 rings (SSSR count). The maximum Gasteiger partial charge on any atom is 0.246 e. The smallest absolute Gasteiger partial charge is 0.246 e. The lowest BCUT2D eigenvalue weighted by atomic mass is 9.65. The monoisotopic (exact) mass is 395 g/mol. The lowest BCUT2D eigenvalue weighted by molar-refractivity contribution is -0.148. The molecule has 8 nitrogen and oxygen atoms in total. The molecule has 0 aromatic rings. The summed E-state index contributed by atoms with van der Waals surface area (Å²) < 4.78 is 6.53. The van der Waals surface area contributed by atoms with Gasteiger partial charge in [-0.15, -0.1) is 0 Å². The first-order valence-corrected chi connectivity index (χ1v) is 10.5. The highest BCUT2D eigenvalue weighted by molar-refractivity contribution is 5.99. The minimum Gasteiger partial charge on any atom is -0.395 e. The van der Waals surface area contributed by atoms with Crippen molar-refractivity contribution in [3.63, 3.8) is 0 Å². The molecule has 3 N–H and O–H groups in total. The van der Waals surface area contributed by atoms with Gasteiger partial charge in [-0.2, -0.15) is 0 Å². The number of fused-ring (bicyclic) bond motifs is 1. The van der Waals surface area contributed by atoms with Crippen molar-refractivity contribution >= 4 is 17.7 Å². The molecule has 3 aliphatic rings. The summed E-state index contributed by atoms with van der Waals surface area (Å²) in [4.78, 5) is 40.9. The Morgan fingerprint density at radius 3 is 2.57 bits per heavy atom. The predicted octanol–water partition coefficient (Wildman–Crippen LogP) is 0.184. The topological polar surface area (TPSA) is 108 Å². The summed E-state index contributed by atoms with van der Waals surface area (Å²) in [6.07, 6.45) is 2.63. The predicted molar refractivity (Wildman–Crippen MR) is 102 cm³/mol. The maximum atomic E-state index is 13.4. The van der Waals surface area contributed by atoms with Gasteiger partial charge in [0.05, 0.1) is 24.0 Å². The summed E-state index contributed by atoms with van der Waals surface area (Å²) in [6.45, 7) is 8.03. The summed E-state index contributed by atoms with van der Waals surface area (Å²) in [5, 5.41) is 15.3. The van der Waals surface area contributed by atoms with Crippen LogP contribution in [0.2, 0.25) is 0 Å². The second-order valence-electron chi connectivity index (χ2n) is 8.54. The summed E-state index contributed by atoms with van der Waals surface area (Å²) in [7, 11) is 0. The molecule has 158 valence electrons. The number of amides is 3. The first kappa shape index (κ1) is 21.0. The second kappa shape index (κ2) is 7.63. The Balaban J connectivity index is 2.03. The van der Waals surface area contributed by atoms with E-state index >= 15 is 0 Å². The van der Waals surface area contributed by atoms with Crippen molar-refractivity contribution in [2.75, 3.05) is 19.7 Å². The van der Waals surface area contributed by atoms with E-state index in [4.69, 9.17) is 4.74 Å². The largest absolute Gasteiger partial charge is 0.395 e. The molecule has 28 heavy (non-hydrogen) atoms. The van der Waals surface area contributed by atoms with Crippen molar-refractivity contribution in [1.29, 1.82) is 0 Å². The summed E-state index contributed by atoms with van der Waals surface area (Å²) in [6, 6.07) is -0.909. The van der Waals surface area contributed by atoms with E-state index in [2.05, 4.69) is 10.6 Å². The number of rotatable bonds is 8. The van der Waals surface area contributed by atoms with E-state index in [9.17, 15) is 19.5 Å². The van der Waals surface area contributed by atoms with Crippen molar-refractivity contribution in [2.24, 2.45) is 11.8 Å². The van der Waals surface area contributed by atoms with Crippen LogP contribution in [-0.4, -0.2) is 70.7 Å². The fourth-order valence-electron chi connectivity index (χ4n) is 5.49. The Hall–Kier alpha value is -1.67. The summed E-state index contributed by atoms with van der Waals surface area (Å²) >= 11 is 0. The van der Waals surface area contributed by atoms with Gasteiger partial charge < -0.3 is 25.4 Å². The van der Waals surface area contributed by atoms with Crippen LogP contribution in [-0.2, 0) is 19.1 Å². The highest BCUT2D eigenvalue weighted by Gasteiger charge is 2.78. The average molecular weight is 396 g/mol. The third kappa shape index (κ3) is 2.92. The number of carbonyl (C=O) groups is 3. The van der Waals surface area contributed by atoms with E-state index in [1.807, 2.05) is 27.7 Å². The molecule has 5 atom stereocenters. The first-order valence-electron chi connectivity index (χ1n) is 10.5. The van der Waals surface area contributed by atoms with Crippen LogP contribution in [0.4, 0.5) is 0 Å². The fourth-order valence-corrected chi connectivity index (χ4v) is 5.49. The lowest BCUT2D eigenvalue weighted by Crippen LogP contribution is -2.56. The SMILES string of the molecule is CCCNC(=O)[C@H]1[C@H]2C(=O)N(CCO)C(C(=O)NC(C)C)C23CC[C@]1(CC)O3. The van der Waals surface area contributed by atoms with E-state index in [-0.39, 0.29) is 36.9 Å². The molecule has 1 spiro atoms. The lowest BCUT2D eigenvalue weighted by Gasteiger charge is -2.33. The van der Waals surface area contributed by atoms with Gasteiger partial charge in [0.1, 0.15) is 11.6 Å². The molecule has 0 saturated carbocycles. The van der Waals surface area contributed by atoms with Gasteiger partial charge in [0.25, 0.3) is 0 Å². The summed E-state index contributed by atoms with van der Waals surface area (Å²) in [5.74, 6) is -2.00. The van der Waals surface area contributed by atoms with E-state index in [0.29, 0.717) is 25.8 Å². The zero-order chi connectivity index (χ0) is 20.7. The number of carbonyl (C=O) groups excluding carboxylic acids is 3. The molecule has 3 saturated heterocycles. The molecule has 2 bridgehead atoms. The van der Waals surface area contributed by atoms with Crippen molar-refractivity contribution in [3.05, 3.63) is 0 Å². The van der Waals surface area contributed by atoms with Gasteiger partial charge in [-0.05, 0) is 39.5 Å². The van der Waals surface area contributed by atoms with Crippen LogP contribution in [0.3, 0.4) is 0 Å². The van der Waals surface area contributed by atoms with E-state index < -0.39 is 29.1 Å². The molecular formula is C20H33N3O5. The van der Waals surface area contributed by atoms with E-state index in [1.165, 1.54) is 4.90 Å². The van der Waals surface area contributed by atoms with Gasteiger partial charge in [-0.3, -0.25) is 14.4 Å². The van der Waals surface area contributed by atoms with Gasteiger partial charge in [0.2, 0.25) is 17.7 Å². The number of nitrogens with zero attached hydrogens (tertiary/aromatic N) is 1. The van der Waals surface area contributed by atoms with Crippen LogP contribution >= 0.6 is 0 Å². The van der Waals surface area contributed by atoms with Crippen LogP contribution in [0, 0.1) is 11.8 Å². The number of aliphatic hydroxyl groups excluding tert-OH is 1. The third-order valence-corrected chi connectivity index (χ3v) is 6.53. The molecule has 0 aromatic carbocycles. The van der Waals surface area contributed by atoms with Crippen LogP contribution in [0.25, 0.3) is 0 Å². The molecule has 0 aliphatic carbocycles. The average Bonchev–Trinajstić information content (AvgIpc) is 3.24. The normalized spacial score (nSPS) is 36.1. The van der Waals surface area contributed by atoms with Gasteiger partial charge in [0.15, 0.2) is 0 Å². The standard InChI is InChI=1S/C20H33N3O5/c1-5-9-21-16(25)13-14-18(27)23(10-11-24)15(17(26)22-12(3)4)20(14)8-7-19(13,6-2)28-20/h12-15,24H,5-11H2,1-4H3,(H,21,25)(H,22,26)/t13-,14+,15?,19+,20?/m1/s1. The second-order valence-corrected chi connectivity index (χ2v) is 8.54. The van der Waals surface area contributed by atoms with Gasteiger partial charge in [-0.25, -0.2) is 0 Å². The molecule has 0 radical (unpaired) electrons. The Morgan fingerprint density at radius 1 is 1.29 bits per heavy atom. The number of aliphatic hydroxyl groups is 1. The van der Waals surface area contributed by atoms with Crippen LogP contribution in [0.15, 0.2) is 0 Å². The summed E-state index contributed by atoms with van der Waals surface area (Å²) in [5.41, 5.74) is -1.71. The highest BCUT2D eigenvalue weighted by Crippen LogP contribution is 2.64. The molecule has 3 amide bonds.